The van der Waals surface area contributed by atoms with E-state index in [9.17, 15) is 15.0 Å². The lowest BCUT2D eigenvalue weighted by atomic mass is 9.43. The van der Waals surface area contributed by atoms with E-state index in [0.29, 0.717) is 30.1 Å². The molecule has 0 aromatic rings. The van der Waals surface area contributed by atoms with Crippen LogP contribution in [0.25, 0.3) is 0 Å². The van der Waals surface area contributed by atoms with Crippen LogP contribution in [0.3, 0.4) is 0 Å². The Balaban J connectivity index is 1.56. The van der Waals surface area contributed by atoms with Crippen LogP contribution in [0.4, 0.5) is 0 Å². The molecule has 4 saturated carbocycles. The fraction of sp³-hybridized carbons (Fsp3) is 0.913. The molecule has 0 bridgehead atoms. The summed E-state index contributed by atoms with van der Waals surface area (Å²) in [6.07, 6.45) is 5.64. The molecule has 156 valence electrons. The number of fused-ring (bicyclic) bond motifs is 7. The molecule has 0 unspecified atom stereocenters. The number of nitrogens with zero attached hydrogens (tertiary/aromatic N) is 1. The van der Waals surface area contributed by atoms with Crippen LogP contribution in [0, 0.1) is 34.5 Å². The van der Waals surface area contributed by atoms with Gasteiger partial charge in [0.15, 0.2) is 17.2 Å². The van der Waals surface area contributed by atoms with Gasteiger partial charge >= 0.3 is 0 Å². The minimum atomic E-state index is -0.825. The van der Waals surface area contributed by atoms with Crippen LogP contribution in [-0.4, -0.2) is 45.7 Å². The predicted octanol–water partition coefficient (Wildman–Crippen LogP) is 3.12. The second kappa shape index (κ2) is 5.81. The molecule has 10 atom stereocenters. The normalized spacial score (nSPS) is 57.4. The molecule has 0 amide bonds. The van der Waals surface area contributed by atoms with Crippen molar-refractivity contribution in [3.63, 3.8) is 0 Å². The number of hydrogen-bond donors (Lipinski definition) is 2. The van der Waals surface area contributed by atoms with E-state index in [1.54, 1.807) is 6.92 Å². The van der Waals surface area contributed by atoms with Gasteiger partial charge < -0.3 is 14.9 Å². The van der Waals surface area contributed by atoms with Crippen LogP contribution < -0.4 is 0 Å². The summed E-state index contributed by atoms with van der Waals surface area (Å²) >= 11 is 0. The van der Waals surface area contributed by atoms with Crippen molar-refractivity contribution in [2.75, 3.05) is 0 Å². The van der Waals surface area contributed by atoms with Gasteiger partial charge in [-0.25, -0.2) is 4.99 Å². The van der Waals surface area contributed by atoms with Crippen molar-refractivity contribution in [3.05, 3.63) is 0 Å². The van der Waals surface area contributed by atoms with Gasteiger partial charge in [0.1, 0.15) is 6.10 Å². The number of aliphatic imine (C=N–C) groups is 1. The number of aliphatic hydroxyl groups is 2. The first-order valence-electron chi connectivity index (χ1n) is 11.2. The highest BCUT2D eigenvalue weighted by Crippen LogP contribution is 2.70. The number of ketones is 1. The molecule has 1 heterocycles. The van der Waals surface area contributed by atoms with Crippen molar-refractivity contribution in [3.8, 4) is 0 Å². The maximum atomic E-state index is 13.0. The van der Waals surface area contributed by atoms with Gasteiger partial charge in [0.2, 0.25) is 0 Å². The summed E-state index contributed by atoms with van der Waals surface area (Å²) < 4.78 is 6.08. The molecule has 1 aliphatic heterocycles. The van der Waals surface area contributed by atoms with Gasteiger partial charge in [0, 0.05) is 12.3 Å². The van der Waals surface area contributed by atoms with Crippen LogP contribution in [0.2, 0.25) is 0 Å². The van der Waals surface area contributed by atoms with Crippen LogP contribution in [0.1, 0.15) is 72.6 Å². The van der Waals surface area contributed by atoms with E-state index in [0.717, 1.165) is 38.5 Å². The minimum Gasteiger partial charge on any atom is -0.475 e. The molecule has 0 aromatic carbocycles. The topological polar surface area (TPSA) is 79.1 Å². The summed E-state index contributed by atoms with van der Waals surface area (Å²) in [5, 5.41) is 21.7. The molecule has 5 nitrogen and oxygen atoms in total. The van der Waals surface area contributed by atoms with Crippen molar-refractivity contribution in [1.29, 1.82) is 0 Å². The number of carbonyl (C=O) groups is 1. The zero-order valence-corrected chi connectivity index (χ0v) is 17.6. The van der Waals surface area contributed by atoms with E-state index in [1.165, 1.54) is 0 Å². The van der Waals surface area contributed by atoms with E-state index in [4.69, 9.17) is 9.73 Å². The number of Topliss-reactive ketones (excluding diaryl/α,β-unsaturated/α-hetero) is 1. The third kappa shape index (κ3) is 2.10. The standard InChI is InChI=1S/C23H35NO4/c1-12(25)23-19(28-13(2)24-23)10-17-16-6-5-14-9-15(26)7-8-21(14,3)20(16)18(27)11-22(17,23)4/h14-20,26-27H,5-11H2,1-4H3/t14-,15-,16-,17-,18-,19+,20+,21-,22-,23+/m0/s1. The molecule has 0 saturated heterocycles. The number of aliphatic hydroxyl groups excluding tert-OH is 2. The van der Waals surface area contributed by atoms with Gasteiger partial charge in [-0.05, 0) is 81.0 Å². The monoisotopic (exact) mass is 389 g/mol. The average Bonchev–Trinajstić information content (AvgIpc) is 3.06. The highest BCUT2D eigenvalue weighted by atomic mass is 16.5. The van der Waals surface area contributed by atoms with Gasteiger partial charge in [0.05, 0.1) is 12.2 Å². The Kier molecular flexibility index (Phi) is 3.95. The van der Waals surface area contributed by atoms with E-state index in [2.05, 4.69) is 13.8 Å². The van der Waals surface area contributed by atoms with Crippen molar-refractivity contribution < 1.29 is 19.7 Å². The molecule has 2 N–H and O–H groups in total. The fourth-order valence-electron chi connectivity index (χ4n) is 8.87. The Bertz CT molecular complexity index is 736. The van der Waals surface area contributed by atoms with E-state index >= 15 is 0 Å². The van der Waals surface area contributed by atoms with Crippen LogP contribution in [0.15, 0.2) is 4.99 Å². The third-order valence-corrected chi connectivity index (χ3v) is 9.95. The maximum Gasteiger partial charge on any atom is 0.181 e. The summed E-state index contributed by atoms with van der Waals surface area (Å²) in [5.74, 6) is 2.22. The van der Waals surface area contributed by atoms with Gasteiger partial charge in [0.25, 0.3) is 0 Å². The van der Waals surface area contributed by atoms with E-state index in [-0.39, 0.29) is 34.7 Å². The molecule has 5 rings (SSSR count). The summed E-state index contributed by atoms with van der Waals surface area (Å²) in [4.78, 5) is 17.8. The first-order valence-corrected chi connectivity index (χ1v) is 11.2. The van der Waals surface area contributed by atoms with E-state index < -0.39 is 11.6 Å². The zero-order chi connectivity index (χ0) is 20.1. The van der Waals surface area contributed by atoms with Gasteiger partial charge in [-0.1, -0.05) is 13.8 Å². The highest BCUT2D eigenvalue weighted by Gasteiger charge is 2.74. The van der Waals surface area contributed by atoms with E-state index in [1.807, 2.05) is 6.92 Å². The lowest BCUT2D eigenvalue weighted by Gasteiger charge is -2.62. The Labute approximate surface area is 167 Å². The SMILES string of the molecule is CC(=O)[C@@]12N=C(C)O[C@@H]1C[C@H]1[C@@H]3CC[C@H]4C[C@@H](O)CC[C@]4(C)[C@H]3[C@@H](O)C[C@@]12C. The first kappa shape index (κ1) is 19.0. The molecular weight excluding hydrogens is 354 g/mol. The second-order valence-electron chi connectivity index (χ2n) is 11.0. The number of ether oxygens (including phenoxy) is 1. The quantitative estimate of drug-likeness (QED) is 0.722. The molecule has 0 aromatic heterocycles. The Morgan fingerprint density at radius 3 is 2.64 bits per heavy atom. The lowest BCUT2D eigenvalue weighted by Crippen LogP contribution is -2.63. The Hall–Kier alpha value is -0.940. The first-order chi connectivity index (χ1) is 13.1. The lowest BCUT2D eigenvalue weighted by molar-refractivity contribution is -0.180. The zero-order valence-electron chi connectivity index (χ0n) is 17.6. The summed E-state index contributed by atoms with van der Waals surface area (Å²) in [7, 11) is 0. The molecule has 5 aliphatic rings. The second-order valence-corrected chi connectivity index (χ2v) is 11.0. The Morgan fingerprint density at radius 2 is 1.93 bits per heavy atom. The predicted molar refractivity (Wildman–Crippen MR) is 106 cm³/mol. The number of hydrogen-bond acceptors (Lipinski definition) is 5. The molecule has 0 spiro atoms. The van der Waals surface area contributed by atoms with Crippen LogP contribution in [0.5, 0.6) is 0 Å². The molecule has 4 fully saturated rings. The van der Waals surface area contributed by atoms with Gasteiger partial charge in [-0.2, -0.15) is 0 Å². The molecule has 28 heavy (non-hydrogen) atoms. The van der Waals surface area contributed by atoms with Crippen molar-refractivity contribution in [2.24, 2.45) is 39.5 Å². The molecule has 5 heteroatoms. The van der Waals surface area contributed by atoms with Crippen molar-refractivity contribution in [1.82, 2.24) is 0 Å². The van der Waals surface area contributed by atoms with Crippen molar-refractivity contribution in [2.45, 2.75) is 96.5 Å². The fourth-order valence-corrected chi connectivity index (χ4v) is 8.87. The third-order valence-electron chi connectivity index (χ3n) is 9.95. The number of carbonyl (C=O) groups excluding carboxylic acids is 1. The molecular formula is C23H35NO4. The molecule has 0 radical (unpaired) electrons. The smallest absolute Gasteiger partial charge is 0.181 e. The van der Waals surface area contributed by atoms with Crippen molar-refractivity contribution >= 4 is 11.7 Å². The van der Waals surface area contributed by atoms with Crippen LogP contribution >= 0.6 is 0 Å². The number of rotatable bonds is 1. The Morgan fingerprint density at radius 1 is 1.18 bits per heavy atom. The van der Waals surface area contributed by atoms with Gasteiger partial charge in [-0.15, -0.1) is 0 Å². The molecule has 4 aliphatic carbocycles. The van der Waals surface area contributed by atoms with Gasteiger partial charge in [-0.3, -0.25) is 4.79 Å². The minimum absolute atomic E-state index is 0.0873. The summed E-state index contributed by atoms with van der Waals surface area (Å²) in [6, 6.07) is 0. The summed E-state index contributed by atoms with van der Waals surface area (Å²) in [5.41, 5.74) is -1.09. The largest absolute Gasteiger partial charge is 0.475 e. The maximum absolute atomic E-state index is 13.0. The van der Waals surface area contributed by atoms with Crippen LogP contribution in [-0.2, 0) is 9.53 Å². The average molecular weight is 390 g/mol. The highest BCUT2D eigenvalue weighted by molar-refractivity contribution is 5.94. The summed E-state index contributed by atoms with van der Waals surface area (Å²) in [6.45, 7) is 8.07.